The van der Waals surface area contributed by atoms with Crippen LogP contribution < -0.4 is 11.2 Å². The van der Waals surface area contributed by atoms with Crippen LogP contribution in [-0.2, 0) is 9.53 Å². The van der Waals surface area contributed by atoms with Gasteiger partial charge >= 0.3 is 0 Å². The van der Waals surface area contributed by atoms with Gasteiger partial charge in [0.2, 0.25) is 11.6 Å². The summed E-state index contributed by atoms with van der Waals surface area (Å²) in [7, 11) is 1.57. The summed E-state index contributed by atoms with van der Waals surface area (Å²) in [5.41, 5.74) is 1.73. The molecule has 2 amide bonds. The minimum absolute atomic E-state index is 0.0386. The van der Waals surface area contributed by atoms with Crippen LogP contribution in [0.25, 0.3) is 0 Å². The van der Waals surface area contributed by atoms with Crippen molar-refractivity contribution in [3.8, 4) is 0 Å². The van der Waals surface area contributed by atoms with Crippen molar-refractivity contribution in [2.24, 2.45) is 21.7 Å². The Labute approximate surface area is 219 Å². The molecule has 3 aliphatic heterocycles. The van der Waals surface area contributed by atoms with E-state index in [9.17, 15) is 9.59 Å². The van der Waals surface area contributed by atoms with E-state index in [4.69, 9.17) is 15.6 Å². The van der Waals surface area contributed by atoms with Crippen LogP contribution >= 0.6 is 0 Å². The van der Waals surface area contributed by atoms with Gasteiger partial charge in [-0.05, 0) is 43.2 Å². The van der Waals surface area contributed by atoms with E-state index in [2.05, 4.69) is 15.3 Å². The number of pyridine rings is 1. The van der Waals surface area contributed by atoms with Gasteiger partial charge in [0.05, 0.1) is 36.6 Å². The number of rotatable bonds is 7. The maximum Gasteiger partial charge on any atom is 0.265 e. The number of hydrogen-bond donors (Lipinski definition) is 2. The standard InChI is InChI=1S/C27H28FN7O3/c1-38-14-9-24(36)34-12-4-5-19(17-34)25-22-16-30-11-13-35(22,29)26(33-25)18-7-8-20(21(28)15-18)27(37)32-23-6-2-3-10-31-23/h2-3,6-8,10-11,13,15-16,19H,4-5,9,12,14,17,29H2,1H3/p+1. The number of amides is 2. The Hall–Kier alpha value is -4.06. The number of ether oxygens (including phenoxy) is 1. The lowest BCUT2D eigenvalue weighted by Crippen LogP contribution is -2.53. The molecule has 0 saturated carbocycles. The van der Waals surface area contributed by atoms with E-state index >= 15 is 4.39 Å². The molecule has 1 saturated heterocycles. The highest BCUT2D eigenvalue weighted by Gasteiger charge is 2.46. The fourth-order valence-corrected chi connectivity index (χ4v) is 4.94. The third kappa shape index (κ3) is 4.91. The van der Waals surface area contributed by atoms with Crippen molar-refractivity contribution in [2.75, 3.05) is 32.1 Å². The minimum atomic E-state index is -0.706. The monoisotopic (exact) mass is 518 g/mol. The molecule has 11 heteroatoms. The van der Waals surface area contributed by atoms with E-state index in [1.165, 1.54) is 18.3 Å². The van der Waals surface area contributed by atoms with Gasteiger partial charge in [0.15, 0.2) is 0 Å². The number of carbonyl (C=O) groups excluding carboxylic acids is 2. The van der Waals surface area contributed by atoms with Gasteiger partial charge in [0.25, 0.3) is 11.7 Å². The number of allylic oxidation sites excluding steroid dienone is 1. The zero-order chi connectivity index (χ0) is 26.7. The summed E-state index contributed by atoms with van der Waals surface area (Å²) in [6, 6.07) is 9.37. The predicted octanol–water partition coefficient (Wildman–Crippen LogP) is 2.97. The second kappa shape index (κ2) is 10.7. The number of halogens is 1. The maximum absolute atomic E-state index is 15.2. The number of fused-ring (bicyclic) bond motifs is 1. The molecule has 196 valence electrons. The van der Waals surface area contributed by atoms with Crippen LogP contribution in [0, 0.1) is 11.7 Å². The number of nitrogens with one attached hydrogen (secondary N) is 1. The number of aliphatic imine (C=N–C) groups is 2. The summed E-state index contributed by atoms with van der Waals surface area (Å²) >= 11 is 0. The highest BCUT2D eigenvalue weighted by atomic mass is 19.1. The number of quaternary nitrogens is 1. The molecular weight excluding hydrogens is 489 g/mol. The first-order valence-corrected chi connectivity index (χ1v) is 12.4. The average Bonchev–Trinajstić information content (AvgIpc) is 3.25. The summed E-state index contributed by atoms with van der Waals surface area (Å²) < 4.78 is 20.0. The molecule has 2 unspecified atom stereocenters. The van der Waals surface area contributed by atoms with E-state index in [-0.39, 0.29) is 22.0 Å². The number of nitrogens with zero attached hydrogens (tertiary/aromatic N) is 5. The largest absolute Gasteiger partial charge is 0.384 e. The van der Waals surface area contributed by atoms with E-state index < -0.39 is 11.7 Å². The molecule has 2 atom stereocenters. The number of nitrogens with two attached hydrogens (primary N) is 1. The number of carbonyl (C=O) groups is 2. The Balaban J connectivity index is 1.42. The normalized spacial score (nSPS) is 22.3. The van der Waals surface area contributed by atoms with E-state index in [1.54, 1.807) is 50.0 Å². The summed E-state index contributed by atoms with van der Waals surface area (Å²) in [6.07, 6.45) is 8.46. The number of hydrogen-bond acceptors (Lipinski definition) is 7. The molecule has 1 aromatic carbocycles. The third-order valence-electron chi connectivity index (χ3n) is 6.88. The molecule has 2 aromatic rings. The van der Waals surface area contributed by atoms with Crippen molar-refractivity contribution in [1.29, 1.82) is 0 Å². The lowest BCUT2D eigenvalue weighted by molar-refractivity contribution is -0.750. The van der Waals surface area contributed by atoms with Gasteiger partial charge < -0.3 is 15.0 Å². The van der Waals surface area contributed by atoms with E-state index in [1.807, 2.05) is 4.90 Å². The molecule has 3 aliphatic rings. The first-order valence-electron chi connectivity index (χ1n) is 12.4. The molecule has 38 heavy (non-hydrogen) atoms. The highest BCUT2D eigenvalue weighted by Crippen LogP contribution is 2.37. The van der Waals surface area contributed by atoms with Crippen molar-refractivity contribution in [3.63, 3.8) is 0 Å². The molecule has 0 aliphatic carbocycles. The lowest BCUT2D eigenvalue weighted by atomic mass is 9.93. The zero-order valence-electron chi connectivity index (χ0n) is 21.0. The van der Waals surface area contributed by atoms with Crippen molar-refractivity contribution >= 4 is 29.7 Å². The van der Waals surface area contributed by atoms with Crippen LogP contribution in [0.2, 0.25) is 0 Å². The topological polar surface area (TPSA) is 122 Å². The van der Waals surface area contributed by atoms with Gasteiger partial charge in [0, 0.05) is 32.3 Å². The quantitative estimate of drug-likeness (QED) is 0.431. The highest BCUT2D eigenvalue weighted by molar-refractivity contribution is 6.05. The Kier molecular flexibility index (Phi) is 7.23. The molecule has 5 rings (SSSR count). The van der Waals surface area contributed by atoms with Gasteiger partial charge in [-0.1, -0.05) is 6.07 Å². The number of benzene rings is 1. The Bertz CT molecular complexity index is 1370. The third-order valence-corrected chi connectivity index (χ3v) is 6.88. The van der Waals surface area contributed by atoms with Crippen molar-refractivity contribution in [1.82, 2.24) is 9.88 Å². The molecule has 1 fully saturated rings. The van der Waals surface area contributed by atoms with E-state index in [0.29, 0.717) is 49.0 Å². The van der Waals surface area contributed by atoms with Crippen LogP contribution in [0.15, 0.2) is 76.4 Å². The van der Waals surface area contributed by atoms with Crippen LogP contribution in [0.3, 0.4) is 0 Å². The smallest absolute Gasteiger partial charge is 0.265 e. The molecule has 1 aromatic heterocycles. The second-order valence-electron chi connectivity index (χ2n) is 9.34. The molecular formula is C27H29FN7O3+. The van der Waals surface area contributed by atoms with Crippen molar-refractivity contribution < 1.29 is 23.3 Å². The fourth-order valence-electron chi connectivity index (χ4n) is 4.94. The molecule has 4 heterocycles. The number of anilines is 1. The SMILES string of the molecule is COCCC(=O)N1CCCC(C2=C3C=NC=C[N+]3(N)C(c3ccc(C(=O)Nc4ccccn4)c(F)c3)=N2)C1. The maximum atomic E-state index is 15.2. The molecule has 10 nitrogen and oxygen atoms in total. The summed E-state index contributed by atoms with van der Waals surface area (Å²) in [6.45, 7) is 1.57. The van der Waals surface area contributed by atoms with Crippen LogP contribution in [0.4, 0.5) is 10.2 Å². The number of piperidine rings is 1. The predicted molar refractivity (Wildman–Crippen MR) is 140 cm³/mol. The summed E-state index contributed by atoms with van der Waals surface area (Å²) in [5.74, 6) is 6.23. The number of likely N-dealkylation sites (tertiary alicyclic amines) is 1. The van der Waals surface area contributed by atoms with Gasteiger partial charge in [-0.3, -0.25) is 14.6 Å². The Morgan fingerprint density at radius 3 is 2.92 bits per heavy atom. The van der Waals surface area contributed by atoms with Crippen LogP contribution in [0.1, 0.15) is 35.2 Å². The number of aromatic nitrogens is 1. The van der Waals surface area contributed by atoms with Crippen LogP contribution in [-0.4, -0.2) is 65.1 Å². The molecule has 0 radical (unpaired) electrons. The van der Waals surface area contributed by atoms with Gasteiger partial charge in [-0.25, -0.2) is 9.37 Å². The van der Waals surface area contributed by atoms with E-state index in [0.717, 1.165) is 18.5 Å². The van der Waals surface area contributed by atoms with Crippen molar-refractivity contribution in [2.45, 2.75) is 19.3 Å². The van der Waals surface area contributed by atoms with Crippen molar-refractivity contribution in [3.05, 3.63) is 83.3 Å². The zero-order valence-corrected chi connectivity index (χ0v) is 21.0. The fraction of sp³-hybridized carbons (Fsp3) is 0.296. The number of amidine groups is 1. The molecule has 3 N–H and O–H groups in total. The van der Waals surface area contributed by atoms with Gasteiger partial charge in [-0.15, -0.1) is 4.59 Å². The first kappa shape index (κ1) is 25.6. The second-order valence-corrected chi connectivity index (χ2v) is 9.34. The average molecular weight is 519 g/mol. The Morgan fingerprint density at radius 2 is 2.16 bits per heavy atom. The minimum Gasteiger partial charge on any atom is -0.384 e. The van der Waals surface area contributed by atoms with Crippen LogP contribution in [0.5, 0.6) is 0 Å². The molecule has 0 spiro atoms. The van der Waals surface area contributed by atoms with Gasteiger partial charge in [-0.2, -0.15) is 10.8 Å². The Morgan fingerprint density at radius 1 is 1.29 bits per heavy atom. The van der Waals surface area contributed by atoms with Gasteiger partial charge in [0.1, 0.15) is 23.5 Å². The summed E-state index contributed by atoms with van der Waals surface area (Å²) in [5, 5.41) is 2.59. The number of methoxy groups -OCH3 is 1. The summed E-state index contributed by atoms with van der Waals surface area (Å²) in [4.78, 5) is 40.3. The lowest BCUT2D eigenvalue weighted by Gasteiger charge is -2.33. The first-order chi connectivity index (χ1) is 18.4. The molecule has 0 bridgehead atoms.